The van der Waals surface area contributed by atoms with Crippen LogP contribution in [0.2, 0.25) is 0 Å². The number of fused-ring (bicyclic) bond motifs is 1. The molecule has 1 fully saturated rings. The number of carbonyl (C=O) groups is 1. The summed E-state index contributed by atoms with van der Waals surface area (Å²) in [4.78, 5) is 15.9. The highest BCUT2D eigenvalue weighted by atomic mass is 32.2. The van der Waals surface area contributed by atoms with E-state index in [0.29, 0.717) is 13.0 Å². The van der Waals surface area contributed by atoms with Gasteiger partial charge in [-0.3, -0.25) is 9.69 Å². The van der Waals surface area contributed by atoms with Crippen molar-refractivity contribution in [2.24, 2.45) is 0 Å². The molecule has 2 aliphatic heterocycles. The standard InChI is InChI=1S/C25H29N3O4S2/c29-25(26-17-22(23-10-6-14-32-23)27-12-4-1-5-13-27)21-16-19-8-2-3-9-20(19)18-28(21)34(30,31)24-11-7-15-33-24/h2-3,6-11,14-15,21-22H,1,4-5,12-13,16-18H2,(H,26,29). The summed E-state index contributed by atoms with van der Waals surface area (Å²) in [5.41, 5.74) is 1.95. The van der Waals surface area contributed by atoms with Crippen molar-refractivity contribution in [1.29, 1.82) is 0 Å². The van der Waals surface area contributed by atoms with Crippen LogP contribution in [-0.2, 0) is 27.8 Å². The molecule has 1 saturated heterocycles. The first-order valence-electron chi connectivity index (χ1n) is 11.7. The number of thiophene rings is 1. The SMILES string of the molecule is O=C(NCC(c1ccco1)N1CCCCC1)C1Cc2ccccc2CN1S(=O)(=O)c1cccs1. The topological polar surface area (TPSA) is 82.9 Å². The summed E-state index contributed by atoms with van der Waals surface area (Å²) >= 11 is 1.17. The van der Waals surface area contributed by atoms with Crippen LogP contribution in [0.5, 0.6) is 0 Å². The Bertz CT molecular complexity index is 1200. The largest absolute Gasteiger partial charge is 0.468 e. The molecule has 9 heteroatoms. The van der Waals surface area contributed by atoms with Gasteiger partial charge in [0.2, 0.25) is 5.91 Å². The van der Waals surface area contributed by atoms with E-state index in [1.165, 1.54) is 22.1 Å². The number of nitrogens with one attached hydrogen (secondary N) is 1. The Morgan fingerprint density at radius 1 is 1.06 bits per heavy atom. The average Bonchev–Trinajstić information content (AvgIpc) is 3.59. The summed E-state index contributed by atoms with van der Waals surface area (Å²) < 4.78 is 34.3. The molecule has 1 aromatic carbocycles. The molecule has 7 nitrogen and oxygen atoms in total. The van der Waals surface area contributed by atoms with Gasteiger partial charge in [-0.2, -0.15) is 4.31 Å². The Labute approximate surface area is 204 Å². The average molecular weight is 500 g/mol. The van der Waals surface area contributed by atoms with Crippen molar-refractivity contribution >= 4 is 27.3 Å². The second-order valence-electron chi connectivity index (χ2n) is 8.84. The molecule has 2 unspecified atom stereocenters. The maximum atomic E-state index is 13.5. The first-order chi connectivity index (χ1) is 16.5. The Kier molecular flexibility index (Phi) is 6.87. The van der Waals surface area contributed by atoms with Crippen LogP contribution in [0.3, 0.4) is 0 Å². The third kappa shape index (κ3) is 4.70. The third-order valence-electron chi connectivity index (χ3n) is 6.74. The highest BCUT2D eigenvalue weighted by molar-refractivity contribution is 7.91. The molecular formula is C25H29N3O4S2. The Morgan fingerprint density at radius 2 is 1.85 bits per heavy atom. The minimum absolute atomic E-state index is 0.0718. The molecule has 1 N–H and O–H groups in total. The fourth-order valence-electron chi connectivity index (χ4n) is 4.94. The van der Waals surface area contributed by atoms with E-state index in [4.69, 9.17) is 4.42 Å². The highest BCUT2D eigenvalue weighted by Crippen LogP contribution is 2.31. The first kappa shape index (κ1) is 23.3. The van der Waals surface area contributed by atoms with Gasteiger partial charge in [-0.25, -0.2) is 8.42 Å². The van der Waals surface area contributed by atoms with Crippen molar-refractivity contribution < 1.29 is 17.6 Å². The van der Waals surface area contributed by atoms with E-state index in [-0.39, 0.29) is 22.7 Å². The highest BCUT2D eigenvalue weighted by Gasteiger charge is 2.40. The van der Waals surface area contributed by atoms with Crippen LogP contribution < -0.4 is 5.32 Å². The molecule has 0 saturated carbocycles. The van der Waals surface area contributed by atoms with E-state index in [1.807, 2.05) is 36.4 Å². The van der Waals surface area contributed by atoms with Crippen LogP contribution in [0, 0.1) is 0 Å². The van der Waals surface area contributed by atoms with Gasteiger partial charge in [-0.1, -0.05) is 36.8 Å². The zero-order valence-electron chi connectivity index (χ0n) is 18.9. The Hall–Kier alpha value is -2.46. The van der Waals surface area contributed by atoms with Crippen molar-refractivity contribution in [3.05, 3.63) is 77.1 Å². The van der Waals surface area contributed by atoms with Gasteiger partial charge in [-0.15, -0.1) is 11.3 Å². The van der Waals surface area contributed by atoms with E-state index in [2.05, 4.69) is 10.2 Å². The lowest BCUT2D eigenvalue weighted by atomic mass is 9.95. The second kappa shape index (κ2) is 10.0. The predicted molar refractivity (Wildman–Crippen MR) is 131 cm³/mol. The molecule has 0 spiro atoms. The number of hydrogen-bond donors (Lipinski definition) is 1. The maximum Gasteiger partial charge on any atom is 0.253 e. The molecule has 4 heterocycles. The van der Waals surface area contributed by atoms with Gasteiger partial charge < -0.3 is 9.73 Å². The molecule has 0 bridgehead atoms. The van der Waals surface area contributed by atoms with Crippen molar-refractivity contribution in [2.45, 2.75) is 48.5 Å². The summed E-state index contributed by atoms with van der Waals surface area (Å²) in [6.07, 6.45) is 5.46. The summed E-state index contributed by atoms with van der Waals surface area (Å²) in [6.45, 7) is 2.47. The summed E-state index contributed by atoms with van der Waals surface area (Å²) in [5, 5.41) is 4.82. The van der Waals surface area contributed by atoms with Crippen LogP contribution in [0.25, 0.3) is 0 Å². The van der Waals surface area contributed by atoms with Gasteiger partial charge in [0, 0.05) is 13.1 Å². The monoisotopic (exact) mass is 499 g/mol. The van der Waals surface area contributed by atoms with E-state index in [9.17, 15) is 13.2 Å². The minimum atomic E-state index is -3.80. The maximum absolute atomic E-state index is 13.5. The molecule has 2 aliphatic rings. The normalized spacial score (nSPS) is 20.5. The summed E-state index contributed by atoms with van der Waals surface area (Å²) in [6, 6.07) is 14.0. The number of furan rings is 1. The molecule has 3 aromatic rings. The number of rotatable bonds is 7. The predicted octanol–water partition coefficient (Wildman–Crippen LogP) is 3.80. The Balaban J connectivity index is 1.39. The molecule has 0 radical (unpaired) electrons. The number of likely N-dealkylation sites (tertiary alicyclic amines) is 1. The molecule has 180 valence electrons. The van der Waals surface area contributed by atoms with Crippen LogP contribution in [-0.4, -0.2) is 49.2 Å². The van der Waals surface area contributed by atoms with Crippen LogP contribution in [0.4, 0.5) is 0 Å². The lowest BCUT2D eigenvalue weighted by Crippen LogP contribution is -2.53. The van der Waals surface area contributed by atoms with Gasteiger partial charge in [0.15, 0.2) is 0 Å². The van der Waals surface area contributed by atoms with Crippen LogP contribution >= 0.6 is 11.3 Å². The smallest absolute Gasteiger partial charge is 0.253 e. The van der Waals surface area contributed by atoms with Crippen molar-refractivity contribution in [3.8, 4) is 0 Å². The van der Waals surface area contributed by atoms with Gasteiger partial charge in [-0.05, 0) is 67.1 Å². The quantitative estimate of drug-likeness (QED) is 0.535. The van der Waals surface area contributed by atoms with Crippen LogP contribution in [0.15, 0.2) is 68.8 Å². The summed E-state index contributed by atoms with van der Waals surface area (Å²) in [5.74, 6) is 0.544. The second-order valence-corrected chi connectivity index (χ2v) is 11.9. The lowest BCUT2D eigenvalue weighted by Gasteiger charge is -2.36. The fraction of sp³-hybridized carbons (Fsp3) is 0.400. The van der Waals surface area contributed by atoms with Crippen molar-refractivity contribution in [3.63, 3.8) is 0 Å². The van der Waals surface area contributed by atoms with Gasteiger partial charge in [0.1, 0.15) is 16.0 Å². The minimum Gasteiger partial charge on any atom is -0.468 e. The number of amides is 1. The molecule has 1 amide bonds. The first-order valence-corrected chi connectivity index (χ1v) is 14.0. The number of nitrogens with zero attached hydrogens (tertiary/aromatic N) is 2. The molecule has 5 rings (SSSR count). The molecule has 34 heavy (non-hydrogen) atoms. The number of benzene rings is 1. The van der Waals surface area contributed by atoms with Crippen LogP contribution in [0.1, 0.15) is 42.2 Å². The number of sulfonamides is 1. The van der Waals surface area contributed by atoms with Gasteiger partial charge >= 0.3 is 0 Å². The zero-order valence-corrected chi connectivity index (χ0v) is 20.6. The van der Waals surface area contributed by atoms with Gasteiger partial charge in [0.05, 0.1) is 12.3 Å². The molecule has 2 atom stereocenters. The lowest BCUT2D eigenvalue weighted by molar-refractivity contribution is -0.125. The number of hydrogen-bond acceptors (Lipinski definition) is 6. The van der Waals surface area contributed by atoms with E-state index in [0.717, 1.165) is 42.8 Å². The number of piperidine rings is 1. The molecule has 2 aromatic heterocycles. The molecule has 0 aliphatic carbocycles. The Morgan fingerprint density at radius 3 is 2.56 bits per heavy atom. The van der Waals surface area contributed by atoms with Crippen molar-refractivity contribution in [1.82, 2.24) is 14.5 Å². The van der Waals surface area contributed by atoms with Crippen molar-refractivity contribution in [2.75, 3.05) is 19.6 Å². The number of carbonyl (C=O) groups excluding carboxylic acids is 1. The fourth-order valence-corrected chi connectivity index (χ4v) is 7.62. The van der Waals surface area contributed by atoms with Gasteiger partial charge in [0.25, 0.3) is 10.0 Å². The van der Waals surface area contributed by atoms with E-state index >= 15 is 0 Å². The van der Waals surface area contributed by atoms with E-state index in [1.54, 1.807) is 23.8 Å². The summed E-state index contributed by atoms with van der Waals surface area (Å²) in [7, 11) is -3.80. The zero-order chi connectivity index (χ0) is 23.5. The van der Waals surface area contributed by atoms with E-state index < -0.39 is 16.1 Å². The third-order valence-corrected chi connectivity index (χ3v) is 9.97. The molecular weight excluding hydrogens is 470 g/mol.